The van der Waals surface area contributed by atoms with Crippen molar-refractivity contribution in [1.82, 2.24) is 4.90 Å². The zero-order valence-corrected chi connectivity index (χ0v) is 18.6. The number of amides is 1. The lowest BCUT2D eigenvalue weighted by molar-refractivity contribution is -0.142. The lowest BCUT2D eigenvalue weighted by Crippen LogP contribution is -2.28. The molecule has 0 radical (unpaired) electrons. The molecule has 1 aliphatic rings. The molecule has 0 spiro atoms. The van der Waals surface area contributed by atoms with Crippen molar-refractivity contribution in [3.8, 4) is 5.75 Å². The fourth-order valence-electron chi connectivity index (χ4n) is 2.60. The molecule has 0 atom stereocenters. The van der Waals surface area contributed by atoms with Crippen molar-refractivity contribution in [3.63, 3.8) is 0 Å². The van der Waals surface area contributed by atoms with E-state index in [1.165, 1.54) is 31.0 Å². The van der Waals surface area contributed by atoms with Gasteiger partial charge in [0.25, 0.3) is 5.91 Å². The highest BCUT2D eigenvalue weighted by molar-refractivity contribution is 9.10. The van der Waals surface area contributed by atoms with Crippen LogP contribution in [0.2, 0.25) is 0 Å². The summed E-state index contributed by atoms with van der Waals surface area (Å²) in [6.45, 7) is 2.05. The van der Waals surface area contributed by atoms with E-state index in [1.807, 2.05) is 6.92 Å². The second-order valence-corrected chi connectivity index (χ2v) is 8.00. The van der Waals surface area contributed by atoms with Crippen molar-refractivity contribution >= 4 is 56.5 Å². The van der Waals surface area contributed by atoms with Gasteiger partial charge in [-0.05, 0) is 67.2 Å². The number of nitrogens with zero attached hydrogens (tertiary/aromatic N) is 2. The quantitative estimate of drug-likeness (QED) is 0.429. The fraction of sp³-hybridized carbons (Fsp3) is 0.190. The van der Waals surface area contributed by atoms with Crippen LogP contribution in [0.1, 0.15) is 12.5 Å². The molecule has 0 aromatic heterocycles. The molecule has 1 fully saturated rings. The summed E-state index contributed by atoms with van der Waals surface area (Å²) in [4.78, 5) is 30.8. The molecular formula is C21H18BrFN2O4S. The number of hydrogen-bond acceptors (Lipinski definition) is 6. The SMILES string of the molecule is CCN1C(=O)/C(=C\c2cc(Br)ccc2OCC(=O)OC)SC1=Nc1ccc(F)cc1. The number of ether oxygens (including phenoxy) is 2. The number of carbonyl (C=O) groups is 2. The standard InChI is InChI=1S/C21H18BrFN2O4S/c1-3-25-20(27)18(30-21(25)24-16-7-5-15(23)6-8-16)11-13-10-14(22)4-9-17(13)29-12-19(26)28-2/h4-11H,3,12H2,1-2H3/b18-11+,24-21?. The summed E-state index contributed by atoms with van der Waals surface area (Å²) >= 11 is 4.63. The van der Waals surface area contributed by atoms with Crippen LogP contribution in [-0.4, -0.2) is 42.2 Å². The van der Waals surface area contributed by atoms with Crippen LogP contribution >= 0.6 is 27.7 Å². The van der Waals surface area contributed by atoms with E-state index in [2.05, 4.69) is 25.7 Å². The number of benzene rings is 2. The van der Waals surface area contributed by atoms with E-state index in [9.17, 15) is 14.0 Å². The van der Waals surface area contributed by atoms with Gasteiger partial charge in [-0.25, -0.2) is 14.2 Å². The number of thioether (sulfide) groups is 1. The van der Waals surface area contributed by atoms with Gasteiger partial charge in [0.2, 0.25) is 0 Å². The molecule has 1 saturated heterocycles. The number of rotatable bonds is 6. The number of carbonyl (C=O) groups excluding carboxylic acids is 2. The van der Waals surface area contributed by atoms with Gasteiger partial charge >= 0.3 is 5.97 Å². The molecular weight excluding hydrogens is 475 g/mol. The Balaban J connectivity index is 1.92. The molecule has 1 aliphatic heterocycles. The van der Waals surface area contributed by atoms with Crippen LogP contribution < -0.4 is 4.74 Å². The maximum atomic E-state index is 13.1. The van der Waals surface area contributed by atoms with Crippen LogP contribution in [0, 0.1) is 5.82 Å². The fourth-order valence-corrected chi connectivity index (χ4v) is 4.03. The summed E-state index contributed by atoms with van der Waals surface area (Å²) in [5, 5.41) is 0.507. The first-order valence-corrected chi connectivity index (χ1v) is 10.6. The summed E-state index contributed by atoms with van der Waals surface area (Å²) in [6.07, 6.45) is 1.69. The summed E-state index contributed by atoms with van der Waals surface area (Å²) in [5.74, 6) is -0.608. The Morgan fingerprint density at radius 3 is 2.67 bits per heavy atom. The number of methoxy groups -OCH3 is 1. The molecule has 9 heteroatoms. The number of esters is 1. The van der Waals surface area contributed by atoms with E-state index in [0.717, 1.165) is 4.47 Å². The van der Waals surface area contributed by atoms with Crippen molar-refractivity contribution in [1.29, 1.82) is 0 Å². The van der Waals surface area contributed by atoms with E-state index in [0.29, 0.717) is 33.6 Å². The Kier molecular flexibility index (Phi) is 7.28. The van der Waals surface area contributed by atoms with Crippen molar-refractivity contribution in [2.24, 2.45) is 4.99 Å². The normalized spacial score (nSPS) is 16.4. The number of aliphatic imine (C=N–C) groups is 1. The molecule has 0 bridgehead atoms. The average molecular weight is 493 g/mol. The van der Waals surface area contributed by atoms with Crippen LogP contribution in [0.15, 0.2) is 56.8 Å². The molecule has 2 aromatic rings. The molecule has 1 heterocycles. The van der Waals surface area contributed by atoms with Gasteiger partial charge in [0, 0.05) is 16.6 Å². The lowest BCUT2D eigenvalue weighted by atomic mass is 10.2. The molecule has 3 rings (SSSR count). The minimum atomic E-state index is -0.506. The predicted molar refractivity (Wildman–Crippen MR) is 118 cm³/mol. The molecule has 2 aromatic carbocycles. The minimum absolute atomic E-state index is 0.192. The van der Waals surface area contributed by atoms with Gasteiger partial charge in [0.1, 0.15) is 11.6 Å². The average Bonchev–Trinajstić information content (AvgIpc) is 3.02. The van der Waals surface area contributed by atoms with Gasteiger partial charge in [0.15, 0.2) is 11.8 Å². The second-order valence-electron chi connectivity index (χ2n) is 6.08. The van der Waals surface area contributed by atoms with E-state index in [4.69, 9.17) is 4.74 Å². The zero-order chi connectivity index (χ0) is 21.7. The van der Waals surface area contributed by atoms with Gasteiger partial charge in [-0.15, -0.1) is 0 Å². The van der Waals surface area contributed by atoms with E-state index < -0.39 is 5.97 Å². The molecule has 0 N–H and O–H groups in total. The monoisotopic (exact) mass is 492 g/mol. The predicted octanol–water partition coefficient (Wildman–Crippen LogP) is 4.76. The van der Waals surface area contributed by atoms with E-state index >= 15 is 0 Å². The number of likely N-dealkylation sites (N-methyl/N-ethyl adjacent to an activating group) is 1. The molecule has 0 aliphatic carbocycles. The molecule has 6 nitrogen and oxygen atoms in total. The maximum absolute atomic E-state index is 13.1. The summed E-state index contributed by atoms with van der Waals surface area (Å²) in [6, 6.07) is 11.0. The highest BCUT2D eigenvalue weighted by Gasteiger charge is 2.32. The summed E-state index contributed by atoms with van der Waals surface area (Å²) < 4.78 is 24.1. The van der Waals surface area contributed by atoms with Crippen LogP contribution in [0.25, 0.3) is 6.08 Å². The van der Waals surface area contributed by atoms with Gasteiger partial charge < -0.3 is 9.47 Å². The van der Waals surface area contributed by atoms with Gasteiger partial charge in [-0.2, -0.15) is 0 Å². The first-order valence-electron chi connectivity index (χ1n) is 8.96. The van der Waals surface area contributed by atoms with Crippen molar-refractivity contribution in [3.05, 3.63) is 63.2 Å². The Bertz CT molecular complexity index is 1020. The van der Waals surface area contributed by atoms with Gasteiger partial charge in [-0.1, -0.05) is 15.9 Å². The van der Waals surface area contributed by atoms with Crippen LogP contribution in [0.3, 0.4) is 0 Å². The number of hydrogen-bond donors (Lipinski definition) is 0. The Labute approximate surface area is 185 Å². The lowest BCUT2D eigenvalue weighted by Gasteiger charge is -2.12. The van der Waals surface area contributed by atoms with Gasteiger partial charge in [0.05, 0.1) is 17.7 Å². The molecule has 156 valence electrons. The van der Waals surface area contributed by atoms with Crippen molar-refractivity contribution < 1.29 is 23.5 Å². The maximum Gasteiger partial charge on any atom is 0.343 e. The number of amidine groups is 1. The minimum Gasteiger partial charge on any atom is -0.481 e. The molecule has 0 saturated carbocycles. The third kappa shape index (κ3) is 5.28. The van der Waals surface area contributed by atoms with Gasteiger partial charge in [-0.3, -0.25) is 9.69 Å². The number of halogens is 2. The first-order chi connectivity index (χ1) is 14.4. The van der Waals surface area contributed by atoms with Crippen LogP contribution in [0.5, 0.6) is 5.75 Å². The third-order valence-electron chi connectivity index (χ3n) is 4.09. The first kappa shape index (κ1) is 22.0. The van der Waals surface area contributed by atoms with E-state index in [-0.39, 0.29) is 18.3 Å². The smallest absolute Gasteiger partial charge is 0.343 e. The highest BCUT2D eigenvalue weighted by atomic mass is 79.9. The molecule has 1 amide bonds. The Morgan fingerprint density at radius 1 is 1.27 bits per heavy atom. The Morgan fingerprint density at radius 2 is 2.00 bits per heavy atom. The Hall–Kier alpha value is -2.65. The van der Waals surface area contributed by atoms with E-state index in [1.54, 1.807) is 41.3 Å². The van der Waals surface area contributed by atoms with Crippen LogP contribution in [-0.2, 0) is 14.3 Å². The molecule has 30 heavy (non-hydrogen) atoms. The summed E-state index contributed by atoms with van der Waals surface area (Å²) in [7, 11) is 1.28. The zero-order valence-electron chi connectivity index (χ0n) is 16.2. The molecule has 0 unspecified atom stereocenters. The topological polar surface area (TPSA) is 68.2 Å². The van der Waals surface area contributed by atoms with Crippen LogP contribution in [0.4, 0.5) is 10.1 Å². The van der Waals surface area contributed by atoms with Crippen molar-refractivity contribution in [2.75, 3.05) is 20.3 Å². The second kappa shape index (κ2) is 9.90. The largest absolute Gasteiger partial charge is 0.481 e. The highest BCUT2D eigenvalue weighted by Crippen LogP contribution is 2.36. The third-order valence-corrected chi connectivity index (χ3v) is 5.59. The van der Waals surface area contributed by atoms with Crippen molar-refractivity contribution in [2.45, 2.75) is 6.92 Å². The summed E-state index contributed by atoms with van der Waals surface area (Å²) in [5.41, 5.74) is 1.18.